The lowest BCUT2D eigenvalue weighted by Crippen LogP contribution is -2.35. The van der Waals surface area contributed by atoms with Crippen LogP contribution < -0.4 is 5.32 Å². The predicted octanol–water partition coefficient (Wildman–Crippen LogP) is 3.03. The minimum atomic E-state index is -2.98. The van der Waals surface area contributed by atoms with Crippen molar-refractivity contribution in [3.05, 3.63) is 35.2 Å². The molecule has 0 spiro atoms. The molecule has 0 aliphatic carbocycles. The van der Waals surface area contributed by atoms with E-state index in [9.17, 15) is 13.2 Å². The Morgan fingerprint density at radius 3 is 2.77 bits per heavy atom. The summed E-state index contributed by atoms with van der Waals surface area (Å²) >= 11 is 3.15. The molecule has 0 saturated carbocycles. The fourth-order valence-electron chi connectivity index (χ4n) is 2.78. The Labute approximate surface area is 135 Å². The van der Waals surface area contributed by atoms with E-state index in [1.54, 1.807) is 11.3 Å². The molecule has 0 bridgehead atoms. The first kappa shape index (κ1) is 14.2. The molecule has 1 atom stereocenters. The molecule has 7 heteroatoms. The number of hydrogen-bond donors (Lipinski definition) is 1. The van der Waals surface area contributed by atoms with Gasteiger partial charge in [0.05, 0.1) is 21.1 Å². The summed E-state index contributed by atoms with van der Waals surface area (Å²) in [4.78, 5) is 13.0. The first-order valence-corrected chi connectivity index (χ1v) is 10.4. The number of carbonyl (C=O) groups excluding carboxylic acids is 1. The number of amides is 1. The molecule has 2 aromatic heterocycles. The number of fused-ring (bicyclic) bond motifs is 3. The molecule has 22 heavy (non-hydrogen) atoms. The van der Waals surface area contributed by atoms with Crippen LogP contribution in [-0.4, -0.2) is 31.9 Å². The van der Waals surface area contributed by atoms with Gasteiger partial charge in [-0.1, -0.05) is 18.2 Å². The van der Waals surface area contributed by atoms with Crippen molar-refractivity contribution in [1.82, 2.24) is 5.32 Å². The molecule has 3 heterocycles. The van der Waals surface area contributed by atoms with Crippen LogP contribution in [0.25, 0.3) is 19.5 Å². The third kappa shape index (κ3) is 2.43. The fourth-order valence-corrected chi connectivity index (χ4v) is 6.88. The van der Waals surface area contributed by atoms with Gasteiger partial charge in [0.1, 0.15) is 0 Å². The second-order valence-electron chi connectivity index (χ2n) is 5.48. The Morgan fingerprint density at radius 2 is 2.00 bits per heavy atom. The summed E-state index contributed by atoms with van der Waals surface area (Å²) in [6.45, 7) is 0. The number of sulfone groups is 1. The summed E-state index contributed by atoms with van der Waals surface area (Å²) in [6.07, 6.45) is 0.511. The van der Waals surface area contributed by atoms with Crippen LogP contribution in [0.15, 0.2) is 30.3 Å². The third-order valence-corrected chi connectivity index (χ3v) is 8.02. The van der Waals surface area contributed by atoms with Gasteiger partial charge in [0.2, 0.25) is 0 Å². The molecule has 1 saturated heterocycles. The van der Waals surface area contributed by atoms with E-state index >= 15 is 0 Å². The number of benzene rings is 1. The zero-order chi connectivity index (χ0) is 15.3. The molecule has 4 rings (SSSR count). The van der Waals surface area contributed by atoms with Crippen molar-refractivity contribution in [2.24, 2.45) is 0 Å². The molecule has 3 aromatic rings. The number of nitrogens with one attached hydrogen (secondary N) is 1. The van der Waals surface area contributed by atoms with E-state index in [1.165, 1.54) is 21.4 Å². The van der Waals surface area contributed by atoms with Gasteiger partial charge in [-0.3, -0.25) is 4.79 Å². The molecular formula is C15H13NO3S3. The maximum absolute atomic E-state index is 12.3. The minimum absolute atomic E-state index is 0.0570. The van der Waals surface area contributed by atoms with Crippen molar-refractivity contribution < 1.29 is 13.2 Å². The lowest BCUT2D eigenvalue weighted by atomic mass is 10.2. The lowest BCUT2D eigenvalue weighted by molar-refractivity contribution is 0.0945. The highest BCUT2D eigenvalue weighted by atomic mass is 32.2. The van der Waals surface area contributed by atoms with Gasteiger partial charge in [-0.25, -0.2) is 8.42 Å². The molecule has 4 nitrogen and oxygen atoms in total. The molecule has 114 valence electrons. The highest BCUT2D eigenvalue weighted by molar-refractivity contribution is 7.91. The third-order valence-electron chi connectivity index (χ3n) is 3.84. The molecule has 1 aromatic carbocycles. The average molecular weight is 351 g/mol. The van der Waals surface area contributed by atoms with Crippen LogP contribution in [0.5, 0.6) is 0 Å². The van der Waals surface area contributed by atoms with E-state index in [2.05, 4.69) is 17.4 Å². The molecule has 1 amide bonds. The average Bonchev–Trinajstić information content (AvgIpc) is 3.11. The lowest BCUT2D eigenvalue weighted by Gasteiger charge is -2.09. The van der Waals surface area contributed by atoms with Crippen LogP contribution in [0.4, 0.5) is 0 Å². The van der Waals surface area contributed by atoms with Gasteiger partial charge in [0.15, 0.2) is 9.84 Å². The standard InChI is InChI=1S/C15H13NO3S3/c17-15(16-9-5-6-22(18,19)8-9)13-7-12-14(21-13)10-3-1-2-4-11(10)20-12/h1-4,7,9H,5-6,8H2,(H,16,17)/t9-/m1/s1. The zero-order valence-electron chi connectivity index (χ0n) is 11.5. The second kappa shape index (κ2) is 5.04. The van der Waals surface area contributed by atoms with Crippen LogP contribution in [0.3, 0.4) is 0 Å². The molecule has 1 N–H and O–H groups in total. The van der Waals surface area contributed by atoms with E-state index in [1.807, 2.05) is 18.2 Å². The van der Waals surface area contributed by atoms with Crippen molar-refractivity contribution in [2.75, 3.05) is 11.5 Å². The van der Waals surface area contributed by atoms with Crippen molar-refractivity contribution in [3.8, 4) is 0 Å². The summed E-state index contributed by atoms with van der Waals surface area (Å²) < 4.78 is 26.4. The quantitative estimate of drug-likeness (QED) is 0.772. The van der Waals surface area contributed by atoms with Gasteiger partial charge in [-0.15, -0.1) is 22.7 Å². The summed E-state index contributed by atoms with van der Waals surface area (Å²) in [6, 6.07) is 9.80. The van der Waals surface area contributed by atoms with Gasteiger partial charge in [-0.05, 0) is 18.6 Å². The Morgan fingerprint density at radius 1 is 1.18 bits per heavy atom. The molecule has 1 aliphatic heterocycles. The van der Waals surface area contributed by atoms with Crippen LogP contribution in [0.2, 0.25) is 0 Å². The fraction of sp³-hybridized carbons (Fsp3) is 0.267. The van der Waals surface area contributed by atoms with Gasteiger partial charge < -0.3 is 5.32 Å². The van der Waals surface area contributed by atoms with E-state index in [4.69, 9.17) is 0 Å². The number of thiophene rings is 2. The Hall–Kier alpha value is -1.44. The molecule has 1 aliphatic rings. The van der Waals surface area contributed by atoms with Crippen LogP contribution in [0, 0.1) is 0 Å². The SMILES string of the molecule is O=C(N[C@@H]1CCS(=O)(=O)C1)c1cc2sc3ccccc3c2s1. The number of carbonyl (C=O) groups is 1. The predicted molar refractivity (Wildman–Crippen MR) is 91.7 cm³/mol. The van der Waals surface area contributed by atoms with Crippen molar-refractivity contribution >= 4 is 57.9 Å². The summed E-state index contributed by atoms with van der Waals surface area (Å²) in [5.74, 6) is 0.0587. The largest absolute Gasteiger partial charge is 0.348 e. The van der Waals surface area contributed by atoms with Gasteiger partial charge in [0, 0.05) is 20.8 Å². The smallest absolute Gasteiger partial charge is 0.261 e. The highest BCUT2D eigenvalue weighted by Crippen LogP contribution is 2.39. The van der Waals surface area contributed by atoms with E-state index < -0.39 is 9.84 Å². The molecule has 0 unspecified atom stereocenters. The first-order chi connectivity index (χ1) is 10.5. The monoisotopic (exact) mass is 351 g/mol. The zero-order valence-corrected chi connectivity index (χ0v) is 14.0. The molecular weight excluding hydrogens is 338 g/mol. The maximum atomic E-state index is 12.3. The number of hydrogen-bond acceptors (Lipinski definition) is 5. The van der Waals surface area contributed by atoms with Crippen molar-refractivity contribution in [1.29, 1.82) is 0 Å². The van der Waals surface area contributed by atoms with Crippen molar-refractivity contribution in [3.63, 3.8) is 0 Å². The van der Waals surface area contributed by atoms with E-state index in [-0.39, 0.29) is 23.5 Å². The van der Waals surface area contributed by atoms with Crippen molar-refractivity contribution in [2.45, 2.75) is 12.5 Å². The number of rotatable bonds is 2. The molecule has 1 fully saturated rings. The van der Waals surface area contributed by atoms with Gasteiger partial charge in [0.25, 0.3) is 5.91 Å². The van der Waals surface area contributed by atoms with Crippen LogP contribution >= 0.6 is 22.7 Å². The summed E-state index contributed by atoms with van der Waals surface area (Å²) in [7, 11) is -2.98. The van der Waals surface area contributed by atoms with E-state index in [0.29, 0.717) is 11.3 Å². The Bertz CT molecular complexity index is 984. The maximum Gasteiger partial charge on any atom is 0.261 e. The van der Waals surface area contributed by atoms with E-state index in [0.717, 1.165) is 9.40 Å². The Kier molecular flexibility index (Phi) is 3.25. The minimum Gasteiger partial charge on any atom is -0.348 e. The first-order valence-electron chi connectivity index (χ1n) is 6.94. The normalized spacial score (nSPS) is 20.6. The van der Waals surface area contributed by atoms with Gasteiger partial charge >= 0.3 is 0 Å². The van der Waals surface area contributed by atoms with Crippen LogP contribution in [-0.2, 0) is 9.84 Å². The summed E-state index contributed by atoms with van der Waals surface area (Å²) in [5, 5.41) is 4.02. The topological polar surface area (TPSA) is 63.2 Å². The molecule has 0 radical (unpaired) electrons. The highest BCUT2D eigenvalue weighted by Gasteiger charge is 2.29. The van der Waals surface area contributed by atoms with Crippen LogP contribution in [0.1, 0.15) is 16.1 Å². The Balaban J connectivity index is 1.62. The summed E-state index contributed by atoms with van der Waals surface area (Å²) in [5.41, 5.74) is 0. The van der Waals surface area contributed by atoms with Gasteiger partial charge in [-0.2, -0.15) is 0 Å². The second-order valence-corrected chi connectivity index (χ2v) is 9.84.